The molecule has 8 heteroatoms. The van der Waals surface area contributed by atoms with E-state index in [-0.39, 0.29) is 18.4 Å². The maximum atomic E-state index is 12.5. The summed E-state index contributed by atoms with van der Waals surface area (Å²) >= 11 is 7.41. The van der Waals surface area contributed by atoms with Crippen LogP contribution in [0.2, 0.25) is 5.02 Å². The van der Waals surface area contributed by atoms with Crippen molar-refractivity contribution >= 4 is 46.9 Å². The third-order valence-electron chi connectivity index (χ3n) is 4.32. The second kappa shape index (κ2) is 9.33. The van der Waals surface area contributed by atoms with Crippen LogP contribution >= 0.6 is 23.4 Å². The Hall–Kier alpha value is -2.51. The first-order chi connectivity index (χ1) is 13.8. The number of anilines is 1. The Bertz CT molecular complexity index is 918. The quantitative estimate of drug-likeness (QED) is 0.637. The van der Waals surface area contributed by atoms with Crippen molar-refractivity contribution in [1.29, 1.82) is 0 Å². The third-order valence-corrected chi connectivity index (χ3v) is 5.65. The molecule has 4 amide bonds. The molecule has 6 nitrogen and oxygen atoms in total. The van der Waals surface area contributed by atoms with E-state index >= 15 is 0 Å². The third kappa shape index (κ3) is 5.52. The highest BCUT2D eigenvalue weighted by atomic mass is 35.5. The number of para-hydroxylation sites is 1. The van der Waals surface area contributed by atoms with E-state index < -0.39 is 18.0 Å². The molecule has 2 aromatic carbocycles. The van der Waals surface area contributed by atoms with Crippen LogP contribution in [0, 0.1) is 5.92 Å². The number of hydrogen-bond donors (Lipinski definition) is 2. The Labute approximate surface area is 179 Å². The number of nitrogens with one attached hydrogen (secondary N) is 2. The average molecular weight is 432 g/mol. The summed E-state index contributed by atoms with van der Waals surface area (Å²) < 4.78 is 0. The van der Waals surface area contributed by atoms with Gasteiger partial charge < -0.3 is 10.6 Å². The first-order valence-corrected chi connectivity index (χ1v) is 10.5. The fraction of sp³-hybridized carbons (Fsp3) is 0.286. The molecule has 0 radical (unpaired) electrons. The number of imide groups is 1. The number of halogens is 1. The minimum Gasteiger partial charge on any atom is -0.326 e. The minimum absolute atomic E-state index is 0.259. The lowest BCUT2D eigenvalue weighted by Gasteiger charge is -2.15. The van der Waals surface area contributed by atoms with Gasteiger partial charge in [0, 0.05) is 14.8 Å². The zero-order valence-corrected chi connectivity index (χ0v) is 17.7. The summed E-state index contributed by atoms with van der Waals surface area (Å²) in [5, 5.41) is 6.10. The highest BCUT2D eigenvalue weighted by molar-refractivity contribution is 7.99. The van der Waals surface area contributed by atoms with E-state index in [1.165, 1.54) is 11.8 Å². The molecule has 1 fully saturated rings. The standard InChI is InChI=1S/C21H22ClN3O3S/c1-13(2)11-17-20(27)25(21(28)24-17)12-19(26)23-16-5-3-4-6-18(16)29-15-9-7-14(22)8-10-15/h3-10,13,17H,11-12H2,1-2H3,(H,23,26)(H,24,28)/t17-/m1/s1. The van der Waals surface area contributed by atoms with Crippen LogP contribution in [0.1, 0.15) is 20.3 Å². The summed E-state index contributed by atoms with van der Waals surface area (Å²) in [4.78, 5) is 39.8. The van der Waals surface area contributed by atoms with Gasteiger partial charge in [-0.25, -0.2) is 4.79 Å². The molecule has 0 spiro atoms. The largest absolute Gasteiger partial charge is 0.326 e. The normalized spacial score (nSPS) is 16.3. The first kappa shape index (κ1) is 21.2. The maximum Gasteiger partial charge on any atom is 0.325 e. The predicted octanol–water partition coefficient (Wildman–Crippen LogP) is 4.40. The molecular formula is C21H22ClN3O3S. The van der Waals surface area contributed by atoms with Crippen LogP contribution in [-0.4, -0.2) is 35.3 Å². The average Bonchev–Trinajstić information content (AvgIpc) is 2.92. The van der Waals surface area contributed by atoms with Crippen molar-refractivity contribution in [2.24, 2.45) is 5.92 Å². The van der Waals surface area contributed by atoms with Crippen LogP contribution in [-0.2, 0) is 9.59 Å². The molecular weight excluding hydrogens is 410 g/mol. The Balaban J connectivity index is 1.66. The van der Waals surface area contributed by atoms with Crippen molar-refractivity contribution in [2.75, 3.05) is 11.9 Å². The molecule has 0 aliphatic carbocycles. The van der Waals surface area contributed by atoms with E-state index in [0.29, 0.717) is 17.1 Å². The van der Waals surface area contributed by atoms with Gasteiger partial charge in [0.25, 0.3) is 5.91 Å². The first-order valence-electron chi connectivity index (χ1n) is 9.27. The van der Waals surface area contributed by atoms with Gasteiger partial charge in [0.05, 0.1) is 5.69 Å². The maximum absolute atomic E-state index is 12.5. The number of carbonyl (C=O) groups is 3. The molecule has 2 aromatic rings. The second-order valence-electron chi connectivity index (χ2n) is 7.16. The molecule has 1 saturated heterocycles. The summed E-state index contributed by atoms with van der Waals surface area (Å²) in [5.41, 5.74) is 0.614. The molecule has 0 saturated carbocycles. The lowest BCUT2D eigenvalue weighted by Crippen LogP contribution is -2.38. The van der Waals surface area contributed by atoms with Crippen LogP contribution in [0.3, 0.4) is 0 Å². The fourth-order valence-corrected chi connectivity index (χ4v) is 4.01. The zero-order chi connectivity index (χ0) is 21.0. The molecule has 3 rings (SSSR count). The number of rotatable bonds is 7. The van der Waals surface area contributed by atoms with E-state index in [2.05, 4.69) is 10.6 Å². The van der Waals surface area contributed by atoms with Gasteiger partial charge in [-0.2, -0.15) is 0 Å². The van der Waals surface area contributed by atoms with Gasteiger partial charge in [-0.05, 0) is 48.7 Å². The lowest BCUT2D eigenvalue weighted by atomic mass is 10.0. The van der Waals surface area contributed by atoms with Crippen molar-refractivity contribution in [3.05, 3.63) is 53.6 Å². The number of benzene rings is 2. The molecule has 2 N–H and O–H groups in total. The van der Waals surface area contributed by atoms with Gasteiger partial charge in [-0.15, -0.1) is 0 Å². The van der Waals surface area contributed by atoms with Crippen molar-refractivity contribution in [1.82, 2.24) is 10.2 Å². The van der Waals surface area contributed by atoms with Crippen molar-refractivity contribution < 1.29 is 14.4 Å². The Morgan fingerprint density at radius 2 is 1.86 bits per heavy atom. The minimum atomic E-state index is -0.567. The molecule has 1 aliphatic heterocycles. The van der Waals surface area contributed by atoms with Crippen LogP contribution in [0.25, 0.3) is 0 Å². The Morgan fingerprint density at radius 3 is 2.55 bits per heavy atom. The summed E-state index contributed by atoms with van der Waals surface area (Å²) in [6.45, 7) is 3.63. The van der Waals surface area contributed by atoms with Crippen LogP contribution in [0.5, 0.6) is 0 Å². The van der Waals surface area contributed by atoms with E-state index in [9.17, 15) is 14.4 Å². The zero-order valence-electron chi connectivity index (χ0n) is 16.1. The highest BCUT2D eigenvalue weighted by Crippen LogP contribution is 2.33. The van der Waals surface area contributed by atoms with Crippen LogP contribution < -0.4 is 10.6 Å². The van der Waals surface area contributed by atoms with Crippen LogP contribution in [0.4, 0.5) is 10.5 Å². The molecule has 0 aromatic heterocycles. The Morgan fingerprint density at radius 1 is 1.17 bits per heavy atom. The van der Waals surface area contributed by atoms with Crippen molar-refractivity contribution in [3.8, 4) is 0 Å². The number of nitrogens with zero attached hydrogens (tertiary/aromatic N) is 1. The molecule has 0 unspecified atom stereocenters. The monoisotopic (exact) mass is 431 g/mol. The van der Waals surface area contributed by atoms with Crippen molar-refractivity contribution in [2.45, 2.75) is 36.1 Å². The molecule has 1 aliphatic rings. The van der Waals surface area contributed by atoms with Gasteiger partial charge in [0.1, 0.15) is 12.6 Å². The van der Waals surface area contributed by atoms with E-state index in [1.807, 2.05) is 44.2 Å². The van der Waals surface area contributed by atoms with Gasteiger partial charge in [-0.1, -0.05) is 49.3 Å². The number of urea groups is 1. The van der Waals surface area contributed by atoms with Crippen molar-refractivity contribution in [3.63, 3.8) is 0 Å². The van der Waals surface area contributed by atoms with Gasteiger partial charge in [-0.3, -0.25) is 14.5 Å². The molecule has 152 valence electrons. The Kier molecular flexibility index (Phi) is 6.82. The van der Waals surface area contributed by atoms with E-state index in [4.69, 9.17) is 11.6 Å². The topological polar surface area (TPSA) is 78.5 Å². The molecule has 1 heterocycles. The van der Waals surface area contributed by atoms with E-state index in [0.717, 1.165) is 14.7 Å². The number of hydrogen-bond acceptors (Lipinski definition) is 4. The lowest BCUT2D eigenvalue weighted by molar-refractivity contribution is -0.131. The summed E-state index contributed by atoms with van der Waals surface area (Å²) in [6.07, 6.45) is 0.545. The molecule has 1 atom stereocenters. The summed E-state index contributed by atoms with van der Waals surface area (Å²) in [7, 11) is 0. The van der Waals surface area contributed by atoms with Gasteiger partial charge in [0.15, 0.2) is 0 Å². The van der Waals surface area contributed by atoms with Gasteiger partial charge in [0.2, 0.25) is 5.91 Å². The highest BCUT2D eigenvalue weighted by Gasteiger charge is 2.39. The second-order valence-corrected chi connectivity index (χ2v) is 8.71. The van der Waals surface area contributed by atoms with E-state index in [1.54, 1.807) is 18.2 Å². The number of carbonyl (C=O) groups excluding carboxylic acids is 3. The predicted molar refractivity (Wildman–Crippen MR) is 114 cm³/mol. The van der Waals surface area contributed by atoms with Gasteiger partial charge >= 0.3 is 6.03 Å². The fourth-order valence-electron chi connectivity index (χ4n) is 2.98. The summed E-state index contributed by atoms with van der Waals surface area (Å²) in [5.74, 6) is -0.527. The molecule has 0 bridgehead atoms. The number of amides is 4. The SMILES string of the molecule is CC(C)C[C@H]1NC(=O)N(CC(=O)Nc2ccccc2Sc2ccc(Cl)cc2)C1=O. The smallest absolute Gasteiger partial charge is 0.325 e. The van der Waals surface area contributed by atoms with Crippen LogP contribution in [0.15, 0.2) is 58.3 Å². The summed E-state index contributed by atoms with van der Waals surface area (Å²) in [6, 6.07) is 13.7. The molecule has 29 heavy (non-hydrogen) atoms.